The summed E-state index contributed by atoms with van der Waals surface area (Å²) in [4.78, 5) is 22.4. The first kappa shape index (κ1) is 38.5. The van der Waals surface area contributed by atoms with E-state index in [4.69, 9.17) is 14.8 Å². The van der Waals surface area contributed by atoms with E-state index in [0.29, 0.717) is 12.8 Å². The van der Waals surface area contributed by atoms with Gasteiger partial charge in [0.15, 0.2) is 0 Å². The molecule has 0 spiro atoms. The van der Waals surface area contributed by atoms with E-state index in [1.54, 1.807) is 0 Å². The standard InChI is InChI=1S/C30H63N2O6P/c1-3-5-7-9-11-13-15-17-19-21-23-29(33)28(27-38-39(35,36)37-26-25-31)32-30(34)24-22-20-18-16-14-12-10-8-6-4-2/h28-29,33H,3-27,31H2,1-2H3,(H,32,34)(H,35,36)/t28-,29+/m0/s1. The molecule has 0 aliphatic rings. The monoisotopic (exact) mass is 578 g/mol. The first-order valence-electron chi connectivity index (χ1n) is 16.2. The van der Waals surface area contributed by atoms with Gasteiger partial charge in [-0.1, -0.05) is 136 Å². The second-order valence-corrected chi connectivity index (χ2v) is 12.5. The number of rotatable bonds is 30. The molecule has 0 radical (unpaired) electrons. The zero-order chi connectivity index (χ0) is 29.0. The van der Waals surface area contributed by atoms with E-state index in [9.17, 15) is 19.4 Å². The Morgan fingerprint density at radius 1 is 0.744 bits per heavy atom. The highest BCUT2D eigenvalue weighted by atomic mass is 31.2. The Balaban J connectivity index is 4.35. The van der Waals surface area contributed by atoms with Gasteiger partial charge >= 0.3 is 7.82 Å². The third-order valence-electron chi connectivity index (χ3n) is 7.21. The van der Waals surface area contributed by atoms with Crippen molar-refractivity contribution in [1.82, 2.24) is 5.32 Å². The third-order valence-corrected chi connectivity index (χ3v) is 8.20. The number of hydrogen-bond donors (Lipinski definition) is 4. The van der Waals surface area contributed by atoms with Crippen LogP contribution in [-0.2, 0) is 18.4 Å². The number of phosphoric acid groups is 1. The summed E-state index contributed by atoms with van der Waals surface area (Å²) < 4.78 is 21.9. The van der Waals surface area contributed by atoms with Crippen molar-refractivity contribution in [2.45, 2.75) is 167 Å². The van der Waals surface area contributed by atoms with Crippen LogP contribution < -0.4 is 11.1 Å². The minimum atomic E-state index is -4.29. The predicted octanol–water partition coefficient (Wildman–Crippen LogP) is 7.55. The molecular formula is C30H63N2O6P. The molecule has 0 aliphatic carbocycles. The van der Waals surface area contributed by atoms with Gasteiger partial charge in [-0.15, -0.1) is 0 Å². The molecule has 3 atom stereocenters. The lowest BCUT2D eigenvalue weighted by molar-refractivity contribution is -0.123. The van der Waals surface area contributed by atoms with Gasteiger partial charge in [-0.25, -0.2) is 4.57 Å². The van der Waals surface area contributed by atoms with Crippen molar-refractivity contribution in [3.63, 3.8) is 0 Å². The minimum Gasteiger partial charge on any atom is -0.391 e. The lowest BCUT2D eigenvalue weighted by Crippen LogP contribution is -2.46. The van der Waals surface area contributed by atoms with E-state index in [1.165, 1.54) is 89.9 Å². The van der Waals surface area contributed by atoms with Gasteiger partial charge in [0.25, 0.3) is 0 Å². The van der Waals surface area contributed by atoms with Crippen LogP contribution in [0.15, 0.2) is 0 Å². The van der Waals surface area contributed by atoms with E-state index >= 15 is 0 Å². The van der Waals surface area contributed by atoms with E-state index in [1.807, 2.05) is 0 Å². The van der Waals surface area contributed by atoms with E-state index in [-0.39, 0.29) is 25.7 Å². The number of nitrogens with two attached hydrogens (primary N) is 1. The molecule has 234 valence electrons. The van der Waals surface area contributed by atoms with Crippen LogP contribution in [0.3, 0.4) is 0 Å². The van der Waals surface area contributed by atoms with Crippen LogP contribution in [0.1, 0.15) is 155 Å². The van der Waals surface area contributed by atoms with E-state index < -0.39 is 20.0 Å². The van der Waals surface area contributed by atoms with Gasteiger partial charge in [0.05, 0.1) is 25.4 Å². The summed E-state index contributed by atoms with van der Waals surface area (Å²) >= 11 is 0. The van der Waals surface area contributed by atoms with Crippen LogP contribution in [-0.4, -0.2) is 47.8 Å². The summed E-state index contributed by atoms with van der Waals surface area (Å²) in [5.41, 5.74) is 5.33. The Morgan fingerprint density at radius 2 is 1.18 bits per heavy atom. The van der Waals surface area contributed by atoms with Gasteiger partial charge in [0.1, 0.15) is 0 Å². The first-order valence-corrected chi connectivity index (χ1v) is 17.6. The van der Waals surface area contributed by atoms with Crippen LogP contribution in [0.4, 0.5) is 0 Å². The van der Waals surface area contributed by atoms with Gasteiger partial charge in [0, 0.05) is 13.0 Å². The van der Waals surface area contributed by atoms with Crippen molar-refractivity contribution in [3.8, 4) is 0 Å². The highest BCUT2D eigenvalue weighted by Crippen LogP contribution is 2.43. The van der Waals surface area contributed by atoms with Gasteiger partial charge in [-0.2, -0.15) is 0 Å². The van der Waals surface area contributed by atoms with Gasteiger partial charge in [-0.3, -0.25) is 13.8 Å². The van der Waals surface area contributed by atoms with Crippen LogP contribution in [0.5, 0.6) is 0 Å². The Morgan fingerprint density at radius 3 is 1.64 bits per heavy atom. The third kappa shape index (κ3) is 26.2. The van der Waals surface area contributed by atoms with Gasteiger partial charge in [0.2, 0.25) is 5.91 Å². The van der Waals surface area contributed by atoms with Crippen molar-refractivity contribution in [2.75, 3.05) is 19.8 Å². The second-order valence-electron chi connectivity index (χ2n) is 11.0. The number of amides is 1. The summed E-state index contributed by atoms with van der Waals surface area (Å²) in [6.45, 7) is 4.15. The molecule has 9 heteroatoms. The highest BCUT2D eigenvalue weighted by molar-refractivity contribution is 7.47. The Bertz CT molecular complexity index is 596. The van der Waals surface area contributed by atoms with Crippen LogP contribution in [0.2, 0.25) is 0 Å². The summed E-state index contributed by atoms with van der Waals surface area (Å²) in [5, 5.41) is 13.6. The van der Waals surface area contributed by atoms with Crippen molar-refractivity contribution in [1.29, 1.82) is 0 Å². The fourth-order valence-corrected chi connectivity index (χ4v) is 5.48. The van der Waals surface area contributed by atoms with Gasteiger partial charge < -0.3 is 21.1 Å². The zero-order valence-electron chi connectivity index (χ0n) is 25.4. The number of carbonyl (C=O) groups is 1. The van der Waals surface area contributed by atoms with Crippen molar-refractivity contribution in [3.05, 3.63) is 0 Å². The molecule has 1 amide bonds. The topological polar surface area (TPSA) is 131 Å². The lowest BCUT2D eigenvalue weighted by Gasteiger charge is -2.25. The maximum absolute atomic E-state index is 12.6. The molecule has 0 saturated carbocycles. The first-order chi connectivity index (χ1) is 18.9. The quantitative estimate of drug-likeness (QED) is 0.0511. The number of phosphoric ester groups is 1. The molecule has 8 nitrogen and oxygen atoms in total. The summed E-state index contributed by atoms with van der Waals surface area (Å²) in [5.74, 6) is -0.166. The highest BCUT2D eigenvalue weighted by Gasteiger charge is 2.27. The molecule has 39 heavy (non-hydrogen) atoms. The van der Waals surface area contributed by atoms with Crippen LogP contribution in [0.25, 0.3) is 0 Å². The predicted molar refractivity (Wildman–Crippen MR) is 162 cm³/mol. The molecule has 0 saturated heterocycles. The number of aliphatic hydroxyl groups excluding tert-OH is 1. The number of carbonyl (C=O) groups excluding carboxylic acids is 1. The number of nitrogens with one attached hydrogen (secondary N) is 1. The van der Waals surface area contributed by atoms with Crippen LogP contribution in [0, 0.1) is 0 Å². The molecule has 0 aromatic heterocycles. The Labute approximate surface area is 240 Å². The normalized spacial score (nSPS) is 14.7. The lowest BCUT2D eigenvalue weighted by atomic mass is 10.0. The SMILES string of the molecule is CCCCCCCCCCCCC(=O)N[C@@H](COP(=O)(O)OCCN)[C@H](O)CCCCCCCCCCCC. The average molecular weight is 579 g/mol. The Kier molecular flexibility index (Phi) is 27.3. The molecule has 0 bridgehead atoms. The molecule has 0 aromatic carbocycles. The fourth-order valence-electron chi connectivity index (χ4n) is 4.72. The van der Waals surface area contributed by atoms with Crippen molar-refractivity contribution >= 4 is 13.7 Å². The molecule has 0 fully saturated rings. The molecule has 1 unspecified atom stereocenters. The zero-order valence-corrected chi connectivity index (χ0v) is 26.3. The number of aliphatic hydroxyl groups is 1. The second kappa shape index (κ2) is 27.7. The summed E-state index contributed by atoms with van der Waals surface area (Å²) in [6, 6.07) is -0.763. The summed E-state index contributed by atoms with van der Waals surface area (Å²) in [7, 11) is -4.29. The van der Waals surface area contributed by atoms with E-state index in [0.717, 1.165) is 38.5 Å². The minimum absolute atomic E-state index is 0.0916. The van der Waals surface area contributed by atoms with Crippen molar-refractivity contribution < 1.29 is 28.4 Å². The maximum atomic E-state index is 12.6. The molecule has 0 rings (SSSR count). The molecular weight excluding hydrogens is 515 g/mol. The largest absolute Gasteiger partial charge is 0.472 e. The maximum Gasteiger partial charge on any atom is 0.472 e. The molecule has 0 aliphatic heterocycles. The van der Waals surface area contributed by atoms with Gasteiger partial charge in [-0.05, 0) is 12.8 Å². The Hall–Kier alpha value is -0.500. The van der Waals surface area contributed by atoms with Crippen LogP contribution >= 0.6 is 7.82 Å². The number of hydrogen-bond acceptors (Lipinski definition) is 6. The van der Waals surface area contributed by atoms with Crippen molar-refractivity contribution in [2.24, 2.45) is 5.73 Å². The average Bonchev–Trinajstić information content (AvgIpc) is 2.91. The molecule has 0 aromatic rings. The molecule has 0 heterocycles. The number of unbranched alkanes of at least 4 members (excludes halogenated alkanes) is 18. The smallest absolute Gasteiger partial charge is 0.391 e. The fraction of sp³-hybridized carbons (Fsp3) is 0.967. The molecule has 5 N–H and O–H groups in total. The summed E-state index contributed by atoms with van der Waals surface area (Å²) in [6.07, 6.45) is 23.9. The van der Waals surface area contributed by atoms with E-state index in [2.05, 4.69) is 19.2 Å².